The molecule has 3 rings (SSSR count). The van der Waals surface area contributed by atoms with Gasteiger partial charge in [-0.2, -0.15) is 0 Å². The van der Waals surface area contributed by atoms with Crippen molar-refractivity contribution in [2.75, 3.05) is 33.9 Å². The Morgan fingerprint density at radius 2 is 1.87 bits per heavy atom. The molecule has 0 unspecified atom stereocenters. The monoisotopic (exact) mass is 411 g/mol. The molecular formula is C24H33N3O3. The molecule has 1 saturated heterocycles. The number of aliphatic imine (C=N–C) groups is 1. The van der Waals surface area contributed by atoms with Gasteiger partial charge in [0, 0.05) is 33.4 Å². The van der Waals surface area contributed by atoms with Crippen LogP contribution in [0.5, 0.6) is 5.75 Å². The van der Waals surface area contributed by atoms with Crippen LogP contribution >= 0.6 is 0 Å². The highest BCUT2D eigenvalue weighted by Crippen LogP contribution is 2.17. The van der Waals surface area contributed by atoms with Crippen LogP contribution in [-0.2, 0) is 29.0 Å². The maximum absolute atomic E-state index is 6.04. The third-order valence-electron chi connectivity index (χ3n) is 5.21. The number of nitrogens with one attached hydrogen (secondary N) is 2. The van der Waals surface area contributed by atoms with Crippen LogP contribution in [-0.4, -0.2) is 46.0 Å². The second-order valence-corrected chi connectivity index (χ2v) is 7.36. The number of nitrogens with zero attached hydrogens (tertiary/aromatic N) is 1. The molecule has 162 valence electrons. The predicted molar refractivity (Wildman–Crippen MR) is 120 cm³/mol. The van der Waals surface area contributed by atoms with Crippen LogP contribution < -0.4 is 15.4 Å². The Morgan fingerprint density at radius 3 is 2.67 bits per heavy atom. The van der Waals surface area contributed by atoms with Gasteiger partial charge in [0.1, 0.15) is 5.75 Å². The maximum atomic E-state index is 6.04. The number of ether oxygens (including phenoxy) is 3. The van der Waals surface area contributed by atoms with Gasteiger partial charge in [-0.15, -0.1) is 0 Å². The van der Waals surface area contributed by atoms with Gasteiger partial charge < -0.3 is 24.8 Å². The minimum atomic E-state index is 0.312. The first-order chi connectivity index (χ1) is 14.8. The molecule has 6 heteroatoms. The molecule has 2 aromatic rings. The molecular weight excluding hydrogens is 378 g/mol. The standard InChI is InChI=1S/C24H33N3O3/c1-25-24(26-13-10-21-8-3-4-9-23(21)28-2)27-17-19-6-5-7-20(16-19)18-30-22-11-14-29-15-12-22/h3-9,16,22H,10-15,17-18H2,1-2H3,(H2,25,26,27). The van der Waals surface area contributed by atoms with Gasteiger partial charge in [0.15, 0.2) is 5.96 Å². The van der Waals surface area contributed by atoms with Crippen molar-refractivity contribution in [3.8, 4) is 5.75 Å². The van der Waals surface area contributed by atoms with Crippen LogP contribution in [0.15, 0.2) is 53.5 Å². The Hall–Kier alpha value is -2.57. The van der Waals surface area contributed by atoms with Gasteiger partial charge in [0.2, 0.25) is 0 Å². The SMILES string of the molecule is CN=C(NCCc1ccccc1OC)NCc1cccc(COC2CCOCC2)c1. The summed E-state index contributed by atoms with van der Waals surface area (Å²) in [4.78, 5) is 4.32. The molecule has 6 nitrogen and oxygen atoms in total. The zero-order valence-electron chi connectivity index (χ0n) is 18.0. The van der Waals surface area contributed by atoms with Crippen LogP contribution in [0.1, 0.15) is 29.5 Å². The molecule has 30 heavy (non-hydrogen) atoms. The molecule has 0 aliphatic carbocycles. The van der Waals surface area contributed by atoms with Crippen LogP contribution in [0.2, 0.25) is 0 Å². The molecule has 0 saturated carbocycles. The Kier molecular flexibility index (Phi) is 9.00. The normalized spacial score (nSPS) is 15.1. The van der Waals surface area contributed by atoms with Gasteiger partial charge in [-0.1, -0.05) is 42.5 Å². The molecule has 0 aromatic heterocycles. The molecule has 0 bridgehead atoms. The zero-order chi connectivity index (χ0) is 21.0. The molecule has 0 radical (unpaired) electrons. The molecule has 2 N–H and O–H groups in total. The minimum Gasteiger partial charge on any atom is -0.496 e. The summed E-state index contributed by atoms with van der Waals surface area (Å²) in [5.41, 5.74) is 3.58. The Morgan fingerprint density at radius 1 is 1.07 bits per heavy atom. The van der Waals surface area contributed by atoms with Crippen molar-refractivity contribution < 1.29 is 14.2 Å². The predicted octanol–water partition coefficient (Wildman–Crippen LogP) is 3.30. The summed E-state index contributed by atoms with van der Waals surface area (Å²) in [6.07, 6.45) is 3.15. The maximum Gasteiger partial charge on any atom is 0.191 e. The van der Waals surface area contributed by atoms with Gasteiger partial charge in [0.05, 0.1) is 19.8 Å². The molecule has 0 atom stereocenters. The van der Waals surface area contributed by atoms with E-state index in [1.165, 1.54) is 16.7 Å². The third-order valence-corrected chi connectivity index (χ3v) is 5.21. The van der Waals surface area contributed by atoms with Crippen LogP contribution in [0, 0.1) is 0 Å². The fourth-order valence-corrected chi connectivity index (χ4v) is 3.52. The van der Waals surface area contributed by atoms with Crippen molar-refractivity contribution in [1.29, 1.82) is 0 Å². The number of hydrogen-bond acceptors (Lipinski definition) is 4. The van der Waals surface area contributed by atoms with E-state index < -0.39 is 0 Å². The summed E-state index contributed by atoms with van der Waals surface area (Å²) in [7, 11) is 3.49. The van der Waals surface area contributed by atoms with Crippen molar-refractivity contribution in [1.82, 2.24) is 10.6 Å². The third kappa shape index (κ3) is 7.04. The molecule has 0 spiro atoms. The van der Waals surface area contributed by atoms with Crippen LogP contribution in [0.4, 0.5) is 0 Å². The molecule has 1 aliphatic rings. The lowest BCUT2D eigenvalue weighted by molar-refractivity contribution is -0.0390. The van der Waals surface area contributed by atoms with E-state index in [9.17, 15) is 0 Å². The molecule has 1 fully saturated rings. The van der Waals surface area contributed by atoms with E-state index in [-0.39, 0.29) is 0 Å². The lowest BCUT2D eigenvalue weighted by atomic mass is 10.1. The smallest absolute Gasteiger partial charge is 0.191 e. The van der Waals surface area contributed by atoms with E-state index in [1.54, 1.807) is 14.2 Å². The highest BCUT2D eigenvalue weighted by Gasteiger charge is 2.14. The van der Waals surface area contributed by atoms with E-state index in [0.29, 0.717) is 19.3 Å². The van der Waals surface area contributed by atoms with Gasteiger partial charge in [-0.25, -0.2) is 0 Å². The number of guanidine groups is 1. The number of para-hydroxylation sites is 1. The van der Waals surface area contributed by atoms with Crippen molar-refractivity contribution in [2.24, 2.45) is 4.99 Å². The second-order valence-electron chi connectivity index (χ2n) is 7.36. The molecule has 2 aromatic carbocycles. The summed E-state index contributed by atoms with van der Waals surface area (Å²) in [5, 5.41) is 6.75. The Balaban J connectivity index is 1.43. The van der Waals surface area contributed by atoms with E-state index in [2.05, 4.69) is 46.0 Å². The first kappa shape index (κ1) is 22.1. The molecule has 1 aliphatic heterocycles. The number of methoxy groups -OCH3 is 1. The van der Waals surface area contributed by atoms with E-state index in [1.807, 2.05) is 18.2 Å². The summed E-state index contributed by atoms with van der Waals surface area (Å²) in [6.45, 7) is 3.73. The zero-order valence-corrected chi connectivity index (χ0v) is 18.0. The lowest BCUT2D eigenvalue weighted by Crippen LogP contribution is -2.37. The fourth-order valence-electron chi connectivity index (χ4n) is 3.52. The number of benzene rings is 2. The van der Waals surface area contributed by atoms with Crippen molar-refractivity contribution in [3.63, 3.8) is 0 Å². The Labute approximate surface area is 179 Å². The number of hydrogen-bond donors (Lipinski definition) is 2. The largest absolute Gasteiger partial charge is 0.496 e. The van der Waals surface area contributed by atoms with Gasteiger partial charge in [-0.05, 0) is 42.0 Å². The lowest BCUT2D eigenvalue weighted by Gasteiger charge is -2.22. The highest BCUT2D eigenvalue weighted by atomic mass is 16.5. The first-order valence-corrected chi connectivity index (χ1v) is 10.6. The summed E-state index contributed by atoms with van der Waals surface area (Å²) in [6, 6.07) is 16.6. The van der Waals surface area contributed by atoms with Gasteiger partial charge in [0.25, 0.3) is 0 Å². The summed E-state index contributed by atoms with van der Waals surface area (Å²) < 4.78 is 16.8. The first-order valence-electron chi connectivity index (χ1n) is 10.6. The van der Waals surface area contributed by atoms with Crippen LogP contribution in [0.25, 0.3) is 0 Å². The van der Waals surface area contributed by atoms with Crippen molar-refractivity contribution in [3.05, 3.63) is 65.2 Å². The van der Waals surface area contributed by atoms with Crippen molar-refractivity contribution in [2.45, 2.75) is 38.5 Å². The molecule has 0 amide bonds. The quantitative estimate of drug-likeness (QED) is 0.490. The summed E-state index contributed by atoms with van der Waals surface area (Å²) >= 11 is 0. The Bertz CT molecular complexity index is 804. The average molecular weight is 412 g/mol. The number of rotatable bonds is 9. The average Bonchev–Trinajstić information content (AvgIpc) is 2.81. The fraction of sp³-hybridized carbons (Fsp3) is 0.458. The van der Waals surface area contributed by atoms with E-state index in [0.717, 1.165) is 50.7 Å². The topological polar surface area (TPSA) is 64.1 Å². The highest BCUT2D eigenvalue weighted by molar-refractivity contribution is 5.79. The van der Waals surface area contributed by atoms with Crippen molar-refractivity contribution >= 4 is 5.96 Å². The molecule has 1 heterocycles. The van der Waals surface area contributed by atoms with Gasteiger partial charge in [-0.3, -0.25) is 4.99 Å². The van der Waals surface area contributed by atoms with E-state index in [4.69, 9.17) is 14.2 Å². The minimum absolute atomic E-state index is 0.312. The van der Waals surface area contributed by atoms with Gasteiger partial charge >= 0.3 is 0 Å². The summed E-state index contributed by atoms with van der Waals surface area (Å²) in [5.74, 6) is 1.70. The second kappa shape index (κ2) is 12.2. The van der Waals surface area contributed by atoms with E-state index >= 15 is 0 Å². The van der Waals surface area contributed by atoms with Crippen LogP contribution in [0.3, 0.4) is 0 Å².